The van der Waals surface area contributed by atoms with Crippen LogP contribution in [-0.4, -0.2) is 29.7 Å². The van der Waals surface area contributed by atoms with Gasteiger partial charge in [0.05, 0.1) is 0 Å². The van der Waals surface area contributed by atoms with E-state index in [1.807, 2.05) is 0 Å². The van der Waals surface area contributed by atoms with Crippen molar-refractivity contribution < 1.29 is 4.79 Å². The minimum absolute atomic E-state index is 0.00413. The fraction of sp³-hybridized carbons (Fsp3) is 0.964. The van der Waals surface area contributed by atoms with Crippen LogP contribution in [0.5, 0.6) is 0 Å². The molecule has 4 heteroatoms. The molecule has 0 aromatic rings. The van der Waals surface area contributed by atoms with E-state index in [0.29, 0.717) is 0 Å². The topological polar surface area (TPSA) is 53.2 Å². The van der Waals surface area contributed by atoms with Crippen LogP contribution < -0.4 is 16.0 Å². The van der Waals surface area contributed by atoms with E-state index in [1.54, 1.807) is 0 Å². The molecule has 0 aromatic carbocycles. The number of piperidine rings is 1. The highest BCUT2D eigenvalue weighted by atomic mass is 16.2. The van der Waals surface area contributed by atoms with E-state index in [4.69, 9.17) is 0 Å². The zero-order valence-corrected chi connectivity index (χ0v) is 22.4. The number of carbonyl (C=O) groups excluding carboxylic acids is 1. The first kappa shape index (κ1) is 29.3. The number of urea groups is 1. The van der Waals surface area contributed by atoms with Crippen LogP contribution in [-0.2, 0) is 0 Å². The van der Waals surface area contributed by atoms with Crippen molar-refractivity contribution in [3.63, 3.8) is 0 Å². The second-order valence-corrected chi connectivity index (χ2v) is 11.7. The summed E-state index contributed by atoms with van der Waals surface area (Å²) in [5.41, 5.74) is 0.126. The monoisotopic (exact) mass is 451 g/mol. The van der Waals surface area contributed by atoms with Crippen molar-refractivity contribution in [2.24, 2.45) is 0 Å². The quantitative estimate of drug-likeness (QED) is 0.186. The summed E-state index contributed by atoms with van der Waals surface area (Å²) in [5.74, 6) is 0. The van der Waals surface area contributed by atoms with E-state index in [2.05, 4.69) is 50.6 Å². The van der Waals surface area contributed by atoms with Crippen molar-refractivity contribution in [2.45, 2.75) is 167 Å². The van der Waals surface area contributed by atoms with Crippen molar-refractivity contribution in [3.8, 4) is 0 Å². The molecule has 0 spiro atoms. The maximum absolute atomic E-state index is 12.3. The third-order valence-corrected chi connectivity index (χ3v) is 6.84. The van der Waals surface area contributed by atoms with E-state index in [0.717, 1.165) is 25.8 Å². The van der Waals surface area contributed by atoms with E-state index in [9.17, 15) is 4.79 Å². The molecular weight excluding hydrogens is 394 g/mol. The van der Waals surface area contributed by atoms with Gasteiger partial charge in [-0.1, -0.05) is 103 Å². The van der Waals surface area contributed by atoms with Gasteiger partial charge in [-0.3, -0.25) is 0 Å². The summed E-state index contributed by atoms with van der Waals surface area (Å²) in [4.78, 5) is 12.3. The van der Waals surface area contributed by atoms with Gasteiger partial charge < -0.3 is 16.0 Å². The van der Waals surface area contributed by atoms with Crippen LogP contribution in [0.1, 0.15) is 150 Å². The highest BCUT2D eigenvalue weighted by Crippen LogP contribution is 2.28. The Hall–Kier alpha value is -0.770. The minimum Gasteiger partial charge on any atom is -0.338 e. The van der Waals surface area contributed by atoms with Gasteiger partial charge in [-0.15, -0.1) is 0 Å². The van der Waals surface area contributed by atoms with Crippen LogP contribution in [0, 0.1) is 0 Å². The predicted octanol–water partition coefficient (Wildman–Crippen LogP) is 7.86. The molecule has 0 unspecified atom stereocenters. The summed E-state index contributed by atoms with van der Waals surface area (Å²) in [6, 6.07) is 0.247. The van der Waals surface area contributed by atoms with Gasteiger partial charge in [0, 0.05) is 23.7 Å². The SMILES string of the molecule is CCCCCCCCCCCCCCCCCCNC(=O)NC1CC(C)(C)NC(C)(C)C1. The van der Waals surface area contributed by atoms with Gasteiger partial charge in [0.1, 0.15) is 0 Å². The normalized spacial score (nSPS) is 17.9. The Balaban J connectivity index is 1.86. The van der Waals surface area contributed by atoms with Crippen molar-refractivity contribution in [3.05, 3.63) is 0 Å². The van der Waals surface area contributed by atoms with Crippen molar-refractivity contribution in [1.82, 2.24) is 16.0 Å². The third kappa shape index (κ3) is 15.9. The first-order valence-electron chi connectivity index (χ1n) is 14.1. The summed E-state index contributed by atoms with van der Waals surface area (Å²) in [6.45, 7) is 12.0. The Bertz CT molecular complexity index is 459. The number of hydrogen-bond acceptors (Lipinski definition) is 2. The second-order valence-electron chi connectivity index (χ2n) is 11.7. The summed E-state index contributed by atoms with van der Waals surface area (Å²) in [6.07, 6.45) is 24.0. The number of amides is 2. The standard InChI is InChI=1S/C28H57N3O/c1-6-7-8-9-10-11-12-13-14-15-16-17-18-19-20-21-22-29-26(32)30-25-23-27(2,3)31-28(4,5)24-25/h25,31H,6-24H2,1-5H3,(H2,29,30,32). The molecule has 1 heterocycles. The van der Waals surface area contributed by atoms with Crippen molar-refractivity contribution in [2.75, 3.05) is 6.54 Å². The van der Waals surface area contributed by atoms with Gasteiger partial charge in [-0.25, -0.2) is 4.79 Å². The van der Waals surface area contributed by atoms with Gasteiger partial charge in [0.15, 0.2) is 0 Å². The highest BCUT2D eigenvalue weighted by Gasteiger charge is 2.38. The average molecular weight is 452 g/mol. The zero-order chi connectivity index (χ0) is 23.7. The fourth-order valence-electron chi connectivity index (χ4n) is 5.54. The largest absolute Gasteiger partial charge is 0.338 e. The van der Waals surface area contributed by atoms with Crippen LogP contribution in [0.25, 0.3) is 0 Å². The Morgan fingerprint density at radius 3 is 1.47 bits per heavy atom. The summed E-state index contributed by atoms with van der Waals surface area (Å²) < 4.78 is 0. The molecule has 1 aliphatic heterocycles. The predicted molar refractivity (Wildman–Crippen MR) is 140 cm³/mol. The van der Waals surface area contributed by atoms with Crippen LogP contribution in [0.4, 0.5) is 4.79 Å². The Morgan fingerprint density at radius 2 is 1.06 bits per heavy atom. The fourth-order valence-corrected chi connectivity index (χ4v) is 5.54. The molecule has 0 aromatic heterocycles. The number of unbranched alkanes of at least 4 members (excludes halogenated alkanes) is 15. The Kier molecular flexibility index (Phi) is 15.3. The van der Waals surface area contributed by atoms with Crippen molar-refractivity contribution in [1.29, 1.82) is 0 Å². The Morgan fingerprint density at radius 1 is 0.688 bits per heavy atom. The summed E-state index contributed by atoms with van der Waals surface area (Å²) >= 11 is 0. The molecule has 32 heavy (non-hydrogen) atoms. The van der Waals surface area contributed by atoms with Crippen molar-refractivity contribution >= 4 is 6.03 Å². The molecule has 4 nitrogen and oxygen atoms in total. The first-order valence-corrected chi connectivity index (χ1v) is 14.1. The van der Waals surface area contributed by atoms with Crippen LogP contribution in [0.3, 0.4) is 0 Å². The maximum atomic E-state index is 12.3. The molecule has 3 N–H and O–H groups in total. The molecule has 1 aliphatic rings. The van der Waals surface area contributed by atoms with E-state index < -0.39 is 0 Å². The lowest BCUT2D eigenvalue weighted by atomic mass is 9.80. The summed E-state index contributed by atoms with van der Waals surface area (Å²) in [7, 11) is 0. The molecule has 0 radical (unpaired) electrons. The second kappa shape index (κ2) is 16.8. The Labute approximate surface area is 200 Å². The number of carbonyl (C=O) groups is 1. The lowest BCUT2D eigenvalue weighted by molar-refractivity contribution is 0.147. The molecular formula is C28H57N3O. The van der Waals surface area contributed by atoms with E-state index >= 15 is 0 Å². The molecule has 0 aliphatic carbocycles. The van der Waals surface area contributed by atoms with Gasteiger partial charge in [0.25, 0.3) is 0 Å². The molecule has 1 rings (SSSR count). The maximum Gasteiger partial charge on any atom is 0.315 e. The smallest absolute Gasteiger partial charge is 0.315 e. The van der Waals surface area contributed by atoms with Gasteiger partial charge >= 0.3 is 6.03 Å². The van der Waals surface area contributed by atoms with E-state index in [1.165, 1.54) is 96.3 Å². The minimum atomic E-state index is 0.00413. The molecule has 0 saturated carbocycles. The van der Waals surface area contributed by atoms with Crippen LogP contribution >= 0.6 is 0 Å². The van der Waals surface area contributed by atoms with Gasteiger partial charge in [0.2, 0.25) is 0 Å². The third-order valence-electron chi connectivity index (χ3n) is 6.84. The molecule has 0 bridgehead atoms. The lowest BCUT2D eigenvalue weighted by Crippen LogP contribution is -2.62. The highest BCUT2D eigenvalue weighted by molar-refractivity contribution is 5.74. The molecule has 190 valence electrons. The van der Waals surface area contributed by atoms with Gasteiger partial charge in [-0.2, -0.15) is 0 Å². The average Bonchev–Trinajstić information content (AvgIpc) is 2.68. The van der Waals surface area contributed by atoms with Crippen LogP contribution in [0.2, 0.25) is 0 Å². The summed E-state index contributed by atoms with van der Waals surface area (Å²) in [5, 5.41) is 9.93. The first-order chi connectivity index (χ1) is 15.2. The van der Waals surface area contributed by atoms with Gasteiger partial charge in [-0.05, 0) is 47.0 Å². The van der Waals surface area contributed by atoms with Crippen LogP contribution in [0.15, 0.2) is 0 Å². The number of rotatable bonds is 18. The molecule has 1 fully saturated rings. The zero-order valence-electron chi connectivity index (χ0n) is 22.4. The molecule has 2 amide bonds. The molecule has 1 saturated heterocycles. The molecule has 0 atom stereocenters. The number of hydrogen-bond donors (Lipinski definition) is 3. The lowest BCUT2D eigenvalue weighted by Gasteiger charge is -2.46. The van der Waals surface area contributed by atoms with E-state index in [-0.39, 0.29) is 23.2 Å². The number of nitrogens with one attached hydrogen (secondary N) is 3.